The average Bonchev–Trinajstić information content (AvgIpc) is 3.07. The second-order valence-electron chi connectivity index (χ2n) is 7.32. The lowest BCUT2D eigenvalue weighted by Gasteiger charge is -2.05. The molecular formula is C22H36N4O. The van der Waals surface area contributed by atoms with E-state index in [-0.39, 0.29) is 5.91 Å². The summed E-state index contributed by atoms with van der Waals surface area (Å²) in [6.07, 6.45) is 16.0. The number of aryl methyl sites for hydroxylation is 1. The summed E-state index contributed by atoms with van der Waals surface area (Å²) in [6.45, 7) is 10.4. The van der Waals surface area contributed by atoms with Gasteiger partial charge in [-0.25, -0.2) is 4.98 Å². The molecule has 1 rings (SSSR count). The van der Waals surface area contributed by atoms with Crippen molar-refractivity contribution >= 4 is 5.91 Å². The van der Waals surface area contributed by atoms with Crippen LogP contribution in [0.25, 0.3) is 0 Å². The number of rotatable bonds is 12. The highest BCUT2D eigenvalue weighted by Crippen LogP contribution is 2.09. The Labute approximate surface area is 164 Å². The van der Waals surface area contributed by atoms with Crippen LogP contribution in [-0.2, 0) is 17.8 Å². The predicted molar refractivity (Wildman–Crippen MR) is 113 cm³/mol. The lowest BCUT2D eigenvalue weighted by atomic mass is 10.0. The van der Waals surface area contributed by atoms with E-state index >= 15 is 0 Å². The molecule has 0 saturated carbocycles. The van der Waals surface area contributed by atoms with E-state index in [0.29, 0.717) is 19.0 Å². The third kappa shape index (κ3) is 10.6. The molecule has 0 bridgehead atoms. The molecule has 1 amide bonds. The number of hydrogen-bond acceptors (Lipinski definition) is 3. The van der Waals surface area contributed by atoms with Crippen LogP contribution in [0, 0.1) is 5.92 Å². The fourth-order valence-corrected chi connectivity index (χ4v) is 2.57. The van der Waals surface area contributed by atoms with Gasteiger partial charge in [-0.3, -0.25) is 4.79 Å². The molecule has 1 heterocycles. The topological polar surface area (TPSA) is 72.9 Å². The Morgan fingerprint density at radius 2 is 2.15 bits per heavy atom. The van der Waals surface area contributed by atoms with Crippen molar-refractivity contribution in [3.63, 3.8) is 0 Å². The maximum absolute atomic E-state index is 12.1. The zero-order valence-corrected chi connectivity index (χ0v) is 17.4. The fourth-order valence-electron chi connectivity index (χ4n) is 2.57. The first-order valence-corrected chi connectivity index (χ1v) is 9.89. The minimum absolute atomic E-state index is 0.0283. The van der Waals surface area contributed by atoms with Crippen molar-refractivity contribution in [1.29, 1.82) is 0 Å². The van der Waals surface area contributed by atoms with Gasteiger partial charge in [0.1, 0.15) is 0 Å². The van der Waals surface area contributed by atoms with E-state index in [1.807, 2.05) is 36.2 Å². The number of amides is 1. The van der Waals surface area contributed by atoms with Crippen molar-refractivity contribution in [3.05, 3.63) is 53.7 Å². The Hall–Kier alpha value is -2.14. The number of hydrogen-bond donors (Lipinski definition) is 2. The van der Waals surface area contributed by atoms with Gasteiger partial charge in [-0.15, -0.1) is 0 Å². The van der Waals surface area contributed by atoms with Crippen LogP contribution in [0.4, 0.5) is 0 Å². The summed E-state index contributed by atoms with van der Waals surface area (Å²) in [5.74, 6) is 0.474. The molecule has 1 atom stereocenters. The zero-order valence-electron chi connectivity index (χ0n) is 17.4. The lowest BCUT2D eigenvalue weighted by Crippen LogP contribution is -2.26. The third-order valence-electron chi connectivity index (χ3n) is 4.29. The number of nitrogens with two attached hydrogens (primary N) is 1. The van der Waals surface area contributed by atoms with Crippen LogP contribution >= 0.6 is 0 Å². The second-order valence-corrected chi connectivity index (χ2v) is 7.32. The highest BCUT2D eigenvalue weighted by atomic mass is 16.1. The van der Waals surface area contributed by atoms with Crippen LogP contribution in [0.5, 0.6) is 0 Å². The van der Waals surface area contributed by atoms with Gasteiger partial charge >= 0.3 is 0 Å². The van der Waals surface area contributed by atoms with Crippen molar-refractivity contribution in [3.8, 4) is 0 Å². The standard InChI is InChI=1S/C22H36N4O/c1-18(2)8-5-9-19(3)10-6-11-20(4)22(27)24-14-12-21-16-26(17-25-21)15-7-13-23/h6,8,10-11,16-17,19H,5,7,9,12-15,23H2,1-4H3,(H,24,27). The monoisotopic (exact) mass is 372 g/mol. The largest absolute Gasteiger partial charge is 0.352 e. The van der Waals surface area contributed by atoms with Gasteiger partial charge in [-0.05, 0) is 52.5 Å². The van der Waals surface area contributed by atoms with Gasteiger partial charge < -0.3 is 15.6 Å². The number of nitrogens with one attached hydrogen (secondary N) is 1. The van der Waals surface area contributed by atoms with Crippen LogP contribution in [-0.4, -0.2) is 28.5 Å². The molecule has 27 heavy (non-hydrogen) atoms. The summed E-state index contributed by atoms with van der Waals surface area (Å²) in [5.41, 5.74) is 8.58. The van der Waals surface area contributed by atoms with Gasteiger partial charge in [0, 0.05) is 31.3 Å². The van der Waals surface area contributed by atoms with Gasteiger partial charge in [-0.1, -0.05) is 36.8 Å². The molecule has 0 aromatic carbocycles. The first-order valence-electron chi connectivity index (χ1n) is 9.89. The normalized spacial score (nSPS) is 13.0. The van der Waals surface area contributed by atoms with Crippen molar-refractivity contribution in [1.82, 2.24) is 14.9 Å². The molecule has 0 aliphatic heterocycles. The van der Waals surface area contributed by atoms with E-state index in [4.69, 9.17) is 5.73 Å². The van der Waals surface area contributed by atoms with Gasteiger partial charge in [0.25, 0.3) is 0 Å². The molecule has 1 aromatic heterocycles. The van der Waals surface area contributed by atoms with E-state index in [9.17, 15) is 4.79 Å². The van der Waals surface area contributed by atoms with Crippen LogP contribution in [0.3, 0.4) is 0 Å². The maximum Gasteiger partial charge on any atom is 0.246 e. The van der Waals surface area contributed by atoms with Crippen LogP contribution in [0.1, 0.15) is 52.7 Å². The Morgan fingerprint density at radius 1 is 1.37 bits per heavy atom. The first-order chi connectivity index (χ1) is 12.9. The Morgan fingerprint density at radius 3 is 2.85 bits per heavy atom. The molecule has 1 aromatic rings. The lowest BCUT2D eigenvalue weighted by molar-refractivity contribution is -0.117. The quantitative estimate of drug-likeness (QED) is 0.333. The molecule has 5 nitrogen and oxygen atoms in total. The highest BCUT2D eigenvalue weighted by Gasteiger charge is 2.04. The van der Waals surface area contributed by atoms with E-state index < -0.39 is 0 Å². The van der Waals surface area contributed by atoms with E-state index in [2.05, 4.69) is 43.2 Å². The second kappa shape index (κ2) is 13.1. The summed E-state index contributed by atoms with van der Waals surface area (Å²) in [6, 6.07) is 0. The summed E-state index contributed by atoms with van der Waals surface area (Å²) in [5, 5.41) is 2.95. The Bertz CT molecular complexity index is 651. The average molecular weight is 373 g/mol. The van der Waals surface area contributed by atoms with Crippen molar-refractivity contribution in [2.24, 2.45) is 11.7 Å². The number of carbonyl (C=O) groups excluding carboxylic acids is 1. The number of imidazole rings is 1. The summed E-state index contributed by atoms with van der Waals surface area (Å²) >= 11 is 0. The minimum Gasteiger partial charge on any atom is -0.352 e. The SMILES string of the molecule is CC(C)=CCCC(C)C=CC=C(C)C(=O)NCCc1cn(CCCN)cn1. The van der Waals surface area contributed by atoms with E-state index in [1.54, 1.807) is 0 Å². The van der Waals surface area contributed by atoms with Crippen molar-refractivity contribution in [2.75, 3.05) is 13.1 Å². The molecule has 1 unspecified atom stereocenters. The molecule has 3 N–H and O–H groups in total. The predicted octanol–water partition coefficient (Wildman–Crippen LogP) is 3.78. The van der Waals surface area contributed by atoms with Gasteiger partial charge in [-0.2, -0.15) is 0 Å². The molecule has 0 aliphatic rings. The molecule has 0 fully saturated rings. The summed E-state index contributed by atoms with van der Waals surface area (Å²) in [4.78, 5) is 16.5. The van der Waals surface area contributed by atoms with Crippen LogP contribution in [0.15, 0.2) is 48.0 Å². The summed E-state index contributed by atoms with van der Waals surface area (Å²) in [7, 11) is 0. The van der Waals surface area contributed by atoms with Gasteiger partial charge in [0.05, 0.1) is 12.0 Å². The fraction of sp³-hybridized carbons (Fsp3) is 0.545. The molecule has 0 radical (unpaired) electrons. The highest BCUT2D eigenvalue weighted by molar-refractivity contribution is 5.93. The molecule has 0 aliphatic carbocycles. The van der Waals surface area contributed by atoms with Crippen molar-refractivity contribution in [2.45, 2.75) is 59.9 Å². The van der Waals surface area contributed by atoms with Crippen LogP contribution < -0.4 is 11.1 Å². The minimum atomic E-state index is -0.0283. The maximum atomic E-state index is 12.1. The van der Waals surface area contributed by atoms with Gasteiger partial charge in [0.15, 0.2) is 0 Å². The van der Waals surface area contributed by atoms with Crippen molar-refractivity contribution < 1.29 is 4.79 Å². The molecule has 0 saturated heterocycles. The first kappa shape index (κ1) is 22.9. The smallest absolute Gasteiger partial charge is 0.246 e. The third-order valence-corrected chi connectivity index (χ3v) is 4.29. The van der Waals surface area contributed by atoms with Gasteiger partial charge in [0.2, 0.25) is 5.91 Å². The number of nitrogens with zero attached hydrogens (tertiary/aromatic N) is 2. The number of aromatic nitrogens is 2. The number of allylic oxidation sites excluding steroid dienone is 5. The Balaban J connectivity index is 2.32. The van der Waals surface area contributed by atoms with E-state index in [1.165, 1.54) is 5.57 Å². The Kier molecular flexibility index (Phi) is 11.1. The molecule has 5 heteroatoms. The molecule has 0 spiro atoms. The number of carbonyl (C=O) groups is 1. The zero-order chi connectivity index (χ0) is 20.1. The summed E-state index contributed by atoms with van der Waals surface area (Å²) < 4.78 is 2.04. The van der Waals surface area contributed by atoms with E-state index in [0.717, 1.165) is 43.5 Å². The molecular weight excluding hydrogens is 336 g/mol. The molecule has 150 valence electrons. The van der Waals surface area contributed by atoms with Crippen LogP contribution in [0.2, 0.25) is 0 Å².